The maximum atomic E-state index is 11.3. The van der Waals surface area contributed by atoms with E-state index in [0.717, 1.165) is 25.2 Å². The minimum absolute atomic E-state index is 0.00329. The van der Waals surface area contributed by atoms with Gasteiger partial charge in [0.25, 0.3) is 0 Å². The predicted molar refractivity (Wildman–Crippen MR) is 61.7 cm³/mol. The quantitative estimate of drug-likeness (QED) is 0.650. The van der Waals surface area contributed by atoms with Gasteiger partial charge in [-0.05, 0) is 38.0 Å². The Morgan fingerprint density at radius 2 is 1.80 bits per heavy atom. The third-order valence-corrected chi connectivity index (χ3v) is 3.24. The van der Waals surface area contributed by atoms with Crippen LogP contribution < -0.4 is 0 Å². The summed E-state index contributed by atoms with van der Waals surface area (Å²) in [6.07, 6.45) is 8.98. The van der Waals surface area contributed by atoms with Crippen LogP contribution in [0.15, 0.2) is 0 Å². The summed E-state index contributed by atoms with van der Waals surface area (Å²) in [6.45, 7) is 4.26. The van der Waals surface area contributed by atoms with Gasteiger partial charge in [0.05, 0.1) is 0 Å². The van der Waals surface area contributed by atoms with Crippen LogP contribution in [0.3, 0.4) is 0 Å². The summed E-state index contributed by atoms with van der Waals surface area (Å²) >= 11 is 0. The molecule has 1 aliphatic carbocycles. The molecule has 0 N–H and O–H groups in total. The van der Waals surface area contributed by atoms with E-state index in [2.05, 4.69) is 6.92 Å². The fraction of sp³-hybridized carbons (Fsp3) is 0.923. The van der Waals surface area contributed by atoms with Gasteiger partial charge in [-0.25, -0.2) is 0 Å². The molecular formula is C13H24O2. The van der Waals surface area contributed by atoms with Crippen LogP contribution in [0.2, 0.25) is 0 Å². The van der Waals surface area contributed by atoms with E-state index in [1.807, 2.05) is 6.92 Å². The van der Waals surface area contributed by atoms with Gasteiger partial charge in [-0.15, -0.1) is 0 Å². The first-order valence-corrected chi connectivity index (χ1v) is 6.45. The molecule has 1 saturated carbocycles. The Bertz CT molecular complexity index is 181. The number of hydrogen-bond acceptors (Lipinski definition) is 2. The van der Waals surface area contributed by atoms with Gasteiger partial charge >= 0.3 is 5.97 Å². The van der Waals surface area contributed by atoms with Crippen molar-refractivity contribution in [2.24, 2.45) is 5.92 Å². The van der Waals surface area contributed by atoms with Crippen LogP contribution in [0.5, 0.6) is 0 Å². The van der Waals surface area contributed by atoms with E-state index in [4.69, 9.17) is 4.74 Å². The Morgan fingerprint density at radius 3 is 2.33 bits per heavy atom. The van der Waals surface area contributed by atoms with E-state index in [0.29, 0.717) is 6.42 Å². The van der Waals surface area contributed by atoms with Crippen molar-refractivity contribution in [2.75, 3.05) is 0 Å². The molecule has 1 rings (SSSR count). The second kappa shape index (κ2) is 6.86. The fourth-order valence-electron chi connectivity index (χ4n) is 2.40. The molecule has 0 saturated heterocycles. The Balaban J connectivity index is 2.16. The molecule has 0 aliphatic heterocycles. The highest BCUT2D eigenvalue weighted by Gasteiger charge is 2.22. The van der Waals surface area contributed by atoms with Crippen LogP contribution >= 0.6 is 0 Å². The number of carbonyl (C=O) groups is 1. The second-order valence-corrected chi connectivity index (χ2v) is 4.67. The normalized spacial score (nSPS) is 26.3. The van der Waals surface area contributed by atoms with Gasteiger partial charge in [0.15, 0.2) is 0 Å². The summed E-state index contributed by atoms with van der Waals surface area (Å²) < 4.78 is 5.42. The van der Waals surface area contributed by atoms with Gasteiger partial charge in [0.2, 0.25) is 0 Å². The average molecular weight is 212 g/mol. The smallest absolute Gasteiger partial charge is 0.306 e. The maximum Gasteiger partial charge on any atom is 0.306 e. The molecule has 0 spiro atoms. The lowest BCUT2D eigenvalue weighted by atomic mass is 9.85. The van der Waals surface area contributed by atoms with Crippen molar-refractivity contribution in [1.82, 2.24) is 0 Å². The molecule has 15 heavy (non-hydrogen) atoms. The summed E-state index contributed by atoms with van der Waals surface area (Å²) in [5.41, 5.74) is 0. The number of ether oxygens (including phenoxy) is 1. The number of carbonyl (C=O) groups excluding carboxylic acids is 1. The van der Waals surface area contributed by atoms with E-state index in [9.17, 15) is 4.79 Å². The maximum absolute atomic E-state index is 11.3. The molecule has 0 radical (unpaired) electrons. The monoisotopic (exact) mass is 212 g/mol. The SMILES string of the molecule is CCCC(=O)OC1CCC(CCC)CC1. The summed E-state index contributed by atoms with van der Waals surface area (Å²) in [5.74, 6) is 0.882. The highest BCUT2D eigenvalue weighted by Crippen LogP contribution is 2.29. The number of rotatable bonds is 5. The highest BCUT2D eigenvalue weighted by atomic mass is 16.5. The van der Waals surface area contributed by atoms with Crippen LogP contribution in [-0.4, -0.2) is 12.1 Å². The zero-order chi connectivity index (χ0) is 11.1. The molecule has 0 atom stereocenters. The molecule has 0 aromatic heterocycles. The Hall–Kier alpha value is -0.530. The minimum Gasteiger partial charge on any atom is -0.462 e. The Labute approximate surface area is 93.4 Å². The van der Waals surface area contributed by atoms with Gasteiger partial charge in [0, 0.05) is 6.42 Å². The summed E-state index contributed by atoms with van der Waals surface area (Å²) in [5, 5.41) is 0. The molecule has 0 aromatic carbocycles. The van der Waals surface area contributed by atoms with Crippen LogP contribution in [-0.2, 0) is 9.53 Å². The first-order valence-electron chi connectivity index (χ1n) is 6.45. The summed E-state index contributed by atoms with van der Waals surface area (Å²) in [4.78, 5) is 11.3. The van der Waals surface area contributed by atoms with E-state index in [1.54, 1.807) is 0 Å². The van der Waals surface area contributed by atoms with Crippen molar-refractivity contribution in [3.63, 3.8) is 0 Å². The van der Waals surface area contributed by atoms with Gasteiger partial charge < -0.3 is 4.74 Å². The Kier molecular flexibility index (Phi) is 5.74. The molecule has 0 unspecified atom stereocenters. The molecule has 0 amide bonds. The standard InChI is InChI=1S/C13H24O2/c1-3-5-11-7-9-12(10-8-11)15-13(14)6-4-2/h11-12H,3-10H2,1-2H3. The third kappa shape index (κ3) is 4.67. The zero-order valence-electron chi connectivity index (χ0n) is 10.1. The third-order valence-electron chi connectivity index (χ3n) is 3.24. The van der Waals surface area contributed by atoms with Crippen molar-refractivity contribution in [1.29, 1.82) is 0 Å². The molecule has 0 bridgehead atoms. The summed E-state index contributed by atoms with van der Waals surface area (Å²) in [7, 11) is 0. The van der Waals surface area contributed by atoms with Gasteiger partial charge in [-0.1, -0.05) is 26.7 Å². The van der Waals surface area contributed by atoms with Gasteiger partial charge in [0.1, 0.15) is 6.10 Å². The number of esters is 1. The van der Waals surface area contributed by atoms with Crippen LogP contribution in [0.4, 0.5) is 0 Å². The van der Waals surface area contributed by atoms with Crippen LogP contribution in [0, 0.1) is 5.92 Å². The van der Waals surface area contributed by atoms with E-state index in [-0.39, 0.29) is 12.1 Å². The minimum atomic E-state index is -0.00329. The lowest BCUT2D eigenvalue weighted by Gasteiger charge is -2.28. The zero-order valence-corrected chi connectivity index (χ0v) is 10.1. The van der Waals surface area contributed by atoms with Crippen molar-refractivity contribution in [3.05, 3.63) is 0 Å². The lowest BCUT2D eigenvalue weighted by molar-refractivity contribution is -0.151. The lowest BCUT2D eigenvalue weighted by Crippen LogP contribution is -2.24. The second-order valence-electron chi connectivity index (χ2n) is 4.67. The van der Waals surface area contributed by atoms with Crippen molar-refractivity contribution in [2.45, 2.75) is 71.3 Å². The molecule has 0 aromatic rings. The first kappa shape index (κ1) is 12.5. The molecule has 88 valence electrons. The van der Waals surface area contributed by atoms with E-state index in [1.165, 1.54) is 25.7 Å². The van der Waals surface area contributed by atoms with E-state index >= 15 is 0 Å². The van der Waals surface area contributed by atoms with E-state index < -0.39 is 0 Å². The molecule has 1 aliphatic rings. The molecular weight excluding hydrogens is 188 g/mol. The average Bonchev–Trinajstić information content (AvgIpc) is 2.22. The van der Waals surface area contributed by atoms with Crippen molar-refractivity contribution < 1.29 is 9.53 Å². The molecule has 1 fully saturated rings. The Morgan fingerprint density at radius 1 is 1.13 bits per heavy atom. The van der Waals surface area contributed by atoms with Crippen LogP contribution in [0.25, 0.3) is 0 Å². The van der Waals surface area contributed by atoms with Crippen LogP contribution in [0.1, 0.15) is 65.2 Å². The molecule has 2 heteroatoms. The molecule has 2 nitrogen and oxygen atoms in total. The highest BCUT2D eigenvalue weighted by molar-refractivity contribution is 5.69. The first-order chi connectivity index (χ1) is 7.26. The number of hydrogen-bond donors (Lipinski definition) is 0. The predicted octanol–water partition coefficient (Wildman–Crippen LogP) is 3.69. The topological polar surface area (TPSA) is 26.3 Å². The largest absolute Gasteiger partial charge is 0.462 e. The van der Waals surface area contributed by atoms with Crippen molar-refractivity contribution >= 4 is 5.97 Å². The summed E-state index contributed by atoms with van der Waals surface area (Å²) in [6, 6.07) is 0. The van der Waals surface area contributed by atoms with Gasteiger partial charge in [-0.3, -0.25) is 4.79 Å². The molecule has 0 heterocycles. The van der Waals surface area contributed by atoms with Gasteiger partial charge in [-0.2, -0.15) is 0 Å². The van der Waals surface area contributed by atoms with Crippen molar-refractivity contribution in [3.8, 4) is 0 Å². The fourth-order valence-corrected chi connectivity index (χ4v) is 2.40.